The Kier molecular flexibility index (Phi) is 11.7. The highest BCUT2D eigenvalue weighted by atomic mass is 32.2. The highest BCUT2D eigenvalue weighted by Crippen LogP contribution is 2.29. The zero-order chi connectivity index (χ0) is 29.2. The quantitative estimate of drug-likeness (QED) is 0.370. The molecular formula is C30H39N3O5S. The van der Waals surface area contributed by atoms with Crippen LogP contribution in [-0.2, 0) is 14.3 Å². The van der Waals surface area contributed by atoms with Gasteiger partial charge in [0.05, 0.1) is 7.11 Å². The second kappa shape index (κ2) is 14.5. The summed E-state index contributed by atoms with van der Waals surface area (Å²) in [5, 5.41) is 5.64. The van der Waals surface area contributed by atoms with E-state index in [1.807, 2.05) is 20.1 Å². The molecule has 39 heavy (non-hydrogen) atoms. The van der Waals surface area contributed by atoms with E-state index < -0.39 is 41.6 Å². The number of nitrogens with zero attached hydrogens (tertiary/aromatic N) is 1. The molecule has 2 unspecified atom stereocenters. The number of carbonyl (C=O) groups excluding carboxylic acids is 3. The summed E-state index contributed by atoms with van der Waals surface area (Å²) in [6.45, 7) is 8.90. The van der Waals surface area contributed by atoms with Crippen LogP contribution >= 0.6 is 11.8 Å². The Morgan fingerprint density at radius 2 is 1.72 bits per heavy atom. The third kappa shape index (κ3) is 9.25. The molecule has 2 atom stereocenters. The van der Waals surface area contributed by atoms with Crippen molar-refractivity contribution in [1.82, 2.24) is 10.2 Å². The van der Waals surface area contributed by atoms with Crippen molar-refractivity contribution < 1.29 is 23.9 Å². The van der Waals surface area contributed by atoms with E-state index in [9.17, 15) is 14.4 Å². The number of methoxy groups -OCH3 is 1. The summed E-state index contributed by atoms with van der Waals surface area (Å²) in [7, 11) is 1.56. The number of hydrogen-bond acceptors (Lipinski definition) is 6. The van der Waals surface area contributed by atoms with Gasteiger partial charge in [0.25, 0.3) is 5.91 Å². The third-order valence-electron chi connectivity index (χ3n) is 5.71. The molecule has 0 aliphatic heterocycles. The number of nitrogens with one attached hydrogen (secondary N) is 2. The summed E-state index contributed by atoms with van der Waals surface area (Å²) in [6.07, 6.45) is 7.37. The smallest absolute Gasteiger partial charge is 0.408 e. The van der Waals surface area contributed by atoms with Gasteiger partial charge < -0.3 is 25.0 Å². The van der Waals surface area contributed by atoms with E-state index in [0.29, 0.717) is 34.7 Å². The van der Waals surface area contributed by atoms with Gasteiger partial charge in [0, 0.05) is 17.3 Å². The van der Waals surface area contributed by atoms with Gasteiger partial charge in [0.2, 0.25) is 5.91 Å². The van der Waals surface area contributed by atoms with Crippen molar-refractivity contribution in [2.24, 2.45) is 0 Å². The summed E-state index contributed by atoms with van der Waals surface area (Å²) in [4.78, 5) is 42.2. The molecule has 0 aliphatic rings. The zero-order valence-electron chi connectivity index (χ0n) is 23.7. The first-order chi connectivity index (χ1) is 18.4. The molecule has 2 aromatic rings. The molecule has 2 aromatic carbocycles. The number of anilines is 1. The third-order valence-corrected chi connectivity index (χ3v) is 6.35. The van der Waals surface area contributed by atoms with E-state index in [1.54, 1.807) is 88.2 Å². The second-order valence-corrected chi connectivity index (χ2v) is 11.2. The number of ether oxygens (including phenoxy) is 2. The maximum atomic E-state index is 14.1. The number of benzene rings is 2. The molecule has 3 amide bonds. The fourth-order valence-corrected chi connectivity index (χ4v) is 4.44. The predicted molar refractivity (Wildman–Crippen MR) is 157 cm³/mol. The molecule has 0 spiro atoms. The van der Waals surface area contributed by atoms with Crippen molar-refractivity contribution in [2.45, 2.75) is 64.8 Å². The molecule has 0 radical (unpaired) electrons. The van der Waals surface area contributed by atoms with E-state index in [2.05, 4.69) is 16.6 Å². The number of terminal acetylenes is 1. The molecule has 0 saturated heterocycles. The zero-order valence-corrected chi connectivity index (χ0v) is 24.6. The summed E-state index contributed by atoms with van der Waals surface area (Å²) in [6, 6.07) is 11.5. The predicted octanol–water partition coefficient (Wildman–Crippen LogP) is 5.24. The van der Waals surface area contributed by atoms with Gasteiger partial charge in [0.1, 0.15) is 23.4 Å². The molecule has 0 heterocycles. The van der Waals surface area contributed by atoms with Gasteiger partial charge >= 0.3 is 6.09 Å². The fraction of sp³-hybridized carbons (Fsp3) is 0.433. The Labute approximate surface area is 236 Å². The van der Waals surface area contributed by atoms with Crippen LogP contribution in [-0.4, -0.2) is 59.6 Å². The van der Waals surface area contributed by atoms with Crippen LogP contribution in [0.2, 0.25) is 0 Å². The van der Waals surface area contributed by atoms with Crippen molar-refractivity contribution in [2.75, 3.05) is 24.4 Å². The van der Waals surface area contributed by atoms with Crippen LogP contribution in [0.15, 0.2) is 48.5 Å². The fourth-order valence-electron chi connectivity index (χ4n) is 3.97. The van der Waals surface area contributed by atoms with Crippen LogP contribution in [0.4, 0.5) is 10.5 Å². The Balaban J connectivity index is 2.54. The first-order valence-corrected chi connectivity index (χ1v) is 14.1. The van der Waals surface area contributed by atoms with Crippen molar-refractivity contribution in [1.29, 1.82) is 0 Å². The first-order valence-electron chi connectivity index (χ1n) is 12.7. The van der Waals surface area contributed by atoms with E-state index in [4.69, 9.17) is 15.9 Å². The highest BCUT2D eigenvalue weighted by molar-refractivity contribution is 7.98. The summed E-state index contributed by atoms with van der Waals surface area (Å²) in [5.74, 6) is 3.04. The minimum atomic E-state index is -1.07. The molecule has 0 fully saturated rings. The normalized spacial score (nSPS) is 12.6. The molecule has 0 bridgehead atoms. The van der Waals surface area contributed by atoms with Crippen LogP contribution in [0, 0.1) is 12.3 Å². The van der Waals surface area contributed by atoms with Crippen LogP contribution in [0.5, 0.6) is 5.75 Å². The Bertz CT molecular complexity index is 1170. The van der Waals surface area contributed by atoms with Gasteiger partial charge in [-0.2, -0.15) is 11.8 Å². The van der Waals surface area contributed by atoms with Gasteiger partial charge in [-0.15, -0.1) is 6.42 Å². The van der Waals surface area contributed by atoms with Gasteiger partial charge in [-0.3, -0.25) is 9.59 Å². The topological polar surface area (TPSA) is 97.0 Å². The van der Waals surface area contributed by atoms with Crippen molar-refractivity contribution >= 4 is 35.4 Å². The van der Waals surface area contributed by atoms with E-state index in [-0.39, 0.29) is 0 Å². The molecular weight excluding hydrogens is 514 g/mol. The Morgan fingerprint density at radius 1 is 1.08 bits per heavy atom. The van der Waals surface area contributed by atoms with E-state index in [1.165, 1.54) is 4.90 Å². The minimum absolute atomic E-state index is 0.353. The lowest BCUT2D eigenvalue weighted by atomic mass is 9.96. The average molecular weight is 554 g/mol. The second-order valence-electron chi connectivity index (χ2n) is 10.2. The van der Waals surface area contributed by atoms with Crippen molar-refractivity contribution in [3.8, 4) is 18.1 Å². The van der Waals surface area contributed by atoms with Gasteiger partial charge in [-0.1, -0.05) is 24.1 Å². The molecule has 210 valence electrons. The van der Waals surface area contributed by atoms with Gasteiger partial charge in [-0.05, 0) is 88.9 Å². The van der Waals surface area contributed by atoms with Crippen LogP contribution in [0.3, 0.4) is 0 Å². The molecule has 9 heteroatoms. The number of hydrogen-bond donors (Lipinski definition) is 2. The number of carbonyl (C=O) groups is 3. The summed E-state index contributed by atoms with van der Waals surface area (Å²) in [5.41, 5.74) is 0.799. The van der Waals surface area contributed by atoms with E-state index >= 15 is 0 Å². The molecule has 8 nitrogen and oxygen atoms in total. The van der Waals surface area contributed by atoms with Crippen molar-refractivity contribution in [3.63, 3.8) is 0 Å². The number of alkyl carbamates (subject to hydrolysis) is 1. The molecule has 0 aromatic heterocycles. The lowest BCUT2D eigenvalue weighted by Gasteiger charge is -2.37. The van der Waals surface area contributed by atoms with Crippen LogP contribution in [0.25, 0.3) is 0 Å². The van der Waals surface area contributed by atoms with Crippen LogP contribution in [0.1, 0.15) is 58.2 Å². The molecule has 2 rings (SSSR count). The highest BCUT2D eigenvalue weighted by Gasteiger charge is 2.38. The average Bonchev–Trinajstić information content (AvgIpc) is 2.88. The number of amides is 3. The maximum Gasteiger partial charge on any atom is 0.408 e. The molecule has 0 aliphatic carbocycles. The van der Waals surface area contributed by atoms with Crippen LogP contribution < -0.4 is 15.4 Å². The molecule has 2 N–H and O–H groups in total. The van der Waals surface area contributed by atoms with E-state index in [0.717, 1.165) is 0 Å². The SMILES string of the molecule is C#Cc1ccccc1C(C(=O)Nc1ccc(OC)cc1)N(C(=O)C(CCSC)NC(=O)OC(C)(C)C)C(C)C. The molecule has 0 saturated carbocycles. The first kappa shape index (κ1) is 31.6. The lowest BCUT2D eigenvalue weighted by Crippen LogP contribution is -2.54. The maximum absolute atomic E-state index is 14.1. The summed E-state index contributed by atoms with van der Waals surface area (Å²) >= 11 is 1.55. The Morgan fingerprint density at radius 3 is 2.26 bits per heavy atom. The number of thioether (sulfide) groups is 1. The minimum Gasteiger partial charge on any atom is -0.497 e. The van der Waals surface area contributed by atoms with Crippen molar-refractivity contribution in [3.05, 3.63) is 59.7 Å². The standard InChI is InChI=1S/C30H39N3O5S/c1-9-21-12-10-11-13-24(21)26(27(34)31-22-14-16-23(37-7)17-15-22)33(20(2)3)28(35)25(18-19-39-8)32-29(36)38-30(4,5)6/h1,10-17,20,25-26H,18-19H2,2-8H3,(H,31,34)(H,32,36). The largest absolute Gasteiger partial charge is 0.497 e. The summed E-state index contributed by atoms with van der Waals surface area (Å²) < 4.78 is 10.6. The number of rotatable bonds is 11. The van der Waals surface area contributed by atoms with Gasteiger partial charge in [0.15, 0.2) is 0 Å². The monoisotopic (exact) mass is 553 g/mol. The lowest BCUT2D eigenvalue weighted by molar-refractivity contribution is -0.143. The Hall–Kier alpha value is -3.64. The van der Waals surface area contributed by atoms with Gasteiger partial charge in [-0.25, -0.2) is 4.79 Å².